The average molecular weight is 138 g/mol. The van der Waals surface area contributed by atoms with E-state index >= 15 is 0 Å². The van der Waals surface area contributed by atoms with Crippen LogP contribution in [0.2, 0.25) is 0 Å². The Bertz CT molecular complexity index is 21.2. The van der Waals surface area contributed by atoms with Crippen LogP contribution in [-0.4, -0.2) is 0 Å². The van der Waals surface area contributed by atoms with Gasteiger partial charge in [-0.2, -0.15) is 0 Å². The Labute approximate surface area is 39.4 Å². The highest BCUT2D eigenvalue weighted by molar-refractivity contribution is 9.11. The lowest BCUT2D eigenvalue weighted by Crippen LogP contribution is -1.10. The van der Waals surface area contributed by atoms with E-state index in [2.05, 4.69) is 28.6 Å². The maximum atomic E-state index is 4.33. The molecular weight excluding hydrogens is 136 g/mol. The summed E-state index contributed by atoms with van der Waals surface area (Å²) in [4.78, 5) is 1.63. The van der Waals surface area contributed by atoms with E-state index in [9.17, 15) is 0 Å². The van der Waals surface area contributed by atoms with Crippen LogP contribution < -0.4 is 0 Å². The quantitative estimate of drug-likeness (QED) is 0.480. The fraction of sp³-hybridized carbons (Fsp3) is 0. The van der Waals surface area contributed by atoms with Crippen LogP contribution in [-0.2, 0) is 0 Å². The molecule has 0 aromatic carbocycles. The third-order valence-corrected chi connectivity index (χ3v) is 0.802. The van der Waals surface area contributed by atoms with Gasteiger partial charge in [0.15, 0.2) is 0 Å². The van der Waals surface area contributed by atoms with Gasteiger partial charge in [0.2, 0.25) is 0 Å². The number of halogens is 1. The summed E-state index contributed by atoms with van der Waals surface area (Å²) in [6.07, 6.45) is 0. The Morgan fingerprint density at radius 2 is 2.00 bits per heavy atom. The molecule has 0 saturated heterocycles. The molecule has 0 spiro atoms. The monoisotopic (exact) mass is 137 g/mol. The molecule has 0 unspecified atom stereocenters. The fourth-order valence-electron chi connectivity index (χ4n) is 0. The first kappa shape index (κ1) is 4.44. The number of rotatable bonds is 0. The molecule has 0 atom stereocenters. The Morgan fingerprint density at radius 3 is 2.00 bits per heavy atom. The van der Waals surface area contributed by atoms with E-state index in [1.807, 2.05) is 0 Å². The van der Waals surface area contributed by atoms with Gasteiger partial charge in [0.25, 0.3) is 0 Å². The standard InChI is InChI=1S/C2H2BrS/c3-1-2-4/h1-2H. The summed E-state index contributed by atoms with van der Waals surface area (Å²) in [5, 5.41) is 1.50. The topological polar surface area (TPSA) is 0 Å². The van der Waals surface area contributed by atoms with Crippen molar-refractivity contribution < 1.29 is 0 Å². The number of hydrogen-bond donors (Lipinski definition) is 0. The highest BCUT2D eigenvalue weighted by atomic mass is 79.9. The van der Waals surface area contributed by atoms with Crippen LogP contribution >= 0.6 is 28.6 Å². The Balaban J connectivity index is 2.55. The van der Waals surface area contributed by atoms with Crippen molar-refractivity contribution in [3.8, 4) is 0 Å². The first-order valence-corrected chi connectivity index (χ1v) is 2.17. The van der Waals surface area contributed by atoms with Gasteiger partial charge in [-0.3, -0.25) is 0 Å². The van der Waals surface area contributed by atoms with E-state index in [0.717, 1.165) is 0 Å². The minimum Gasteiger partial charge on any atom is -0.0882 e. The van der Waals surface area contributed by atoms with Gasteiger partial charge in [0.1, 0.15) is 0 Å². The first-order valence-electron chi connectivity index (χ1n) is 0.787. The summed E-state index contributed by atoms with van der Waals surface area (Å²) in [6.45, 7) is 0. The average Bonchev–Trinajstić information content (AvgIpc) is 1.37. The molecule has 4 heavy (non-hydrogen) atoms. The zero-order valence-corrected chi connectivity index (χ0v) is 4.34. The summed E-state index contributed by atoms with van der Waals surface area (Å²) in [7, 11) is 0. The zero-order valence-electron chi connectivity index (χ0n) is 1.94. The van der Waals surface area contributed by atoms with Crippen molar-refractivity contribution in [1.82, 2.24) is 0 Å². The maximum absolute atomic E-state index is 4.33. The predicted molar refractivity (Wildman–Crippen MR) is 25.7 cm³/mol. The molecule has 0 rings (SSSR count). The number of hydrogen-bond acceptors (Lipinski definition) is 0. The van der Waals surface area contributed by atoms with Crippen LogP contribution in [0.25, 0.3) is 0 Å². The Morgan fingerprint density at radius 1 is 1.75 bits per heavy atom. The highest BCUT2D eigenvalue weighted by Crippen LogP contribution is 1.81. The van der Waals surface area contributed by atoms with Crippen molar-refractivity contribution in [3.63, 3.8) is 0 Å². The second-order valence-corrected chi connectivity index (χ2v) is 1.06. The highest BCUT2D eigenvalue weighted by Gasteiger charge is 1.39. The van der Waals surface area contributed by atoms with Gasteiger partial charge < -0.3 is 0 Å². The summed E-state index contributed by atoms with van der Waals surface area (Å²) in [6, 6.07) is 0. The normalized spacial score (nSPS) is 9.25. The molecule has 0 nitrogen and oxygen atoms in total. The van der Waals surface area contributed by atoms with E-state index in [4.69, 9.17) is 0 Å². The molecule has 0 bridgehead atoms. The molecule has 0 fully saturated rings. The second-order valence-electron chi connectivity index (χ2n) is 0.262. The van der Waals surface area contributed by atoms with E-state index in [1.54, 1.807) is 4.99 Å². The molecule has 2 heteroatoms. The molecule has 23 valence electrons. The van der Waals surface area contributed by atoms with Gasteiger partial charge in [0.05, 0.1) is 0 Å². The molecule has 0 aliphatic heterocycles. The molecule has 0 aromatic rings. The summed E-state index contributed by atoms with van der Waals surface area (Å²) >= 11 is 7.29. The smallest absolute Gasteiger partial charge is 0.00827 e. The van der Waals surface area contributed by atoms with Crippen LogP contribution in [0.15, 0.2) is 10.4 Å². The lowest BCUT2D eigenvalue weighted by molar-refractivity contribution is 2.63. The molecule has 0 aliphatic rings. The van der Waals surface area contributed by atoms with Crippen molar-refractivity contribution in [1.29, 1.82) is 0 Å². The van der Waals surface area contributed by atoms with Crippen molar-refractivity contribution in [2.45, 2.75) is 0 Å². The van der Waals surface area contributed by atoms with E-state index in [1.165, 1.54) is 5.41 Å². The van der Waals surface area contributed by atoms with E-state index < -0.39 is 0 Å². The summed E-state index contributed by atoms with van der Waals surface area (Å²) in [5.41, 5.74) is 0. The third kappa shape index (κ3) is 2.44. The molecular formula is C2H2BrS. The Hall–Kier alpha value is 0.440. The molecule has 0 saturated carbocycles. The summed E-state index contributed by atoms with van der Waals surface area (Å²) in [5.74, 6) is 0. The van der Waals surface area contributed by atoms with Gasteiger partial charge in [-0.1, -0.05) is 28.6 Å². The lowest BCUT2D eigenvalue weighted by Gasteiger charge is -1.44. The van der Waals surface area contributed by atoms with E-state index in [-0.39, 0.29) is 0 Å². The molecule has 0 N–H and O–H groups in total. The minimum absolute atomic E-state index is 1.50. The molecule has 0 aliphatic carbocycles. The van der Waals surface area contributed by atoms with Crippen molar-refractivity contribution in [2.24, 2.45) is 0 Å². The molecule has 1 radical (unpaired) electrons. The third-order valence-electron chi connectivity index (χ3n) is 0.0514. The Kier molecular flexibility index (Phi) is 3.82. The molecule has 0 amide bonds. The van der Waals surface area contributed by atoms with Gasteiger partial charge in [0, 0.05) is 5.41 Å². The minimum atomic E-state index is 1.50. The first-order chi connectivity index (χ1) is 1.91. The molecule has 0 heterocycles. The van der Waals surface area contributed by atoms with Crippen LogP contribution in [0.3, 0.4) is 0 Å². The van der Waals surface area contributed by atoms with Crippen LogP contribution in [0, 0.1) is 0 Å². The lowest BCUT2D eigenvalue weighted by atomic mass is 11.3. The van der Waals surface area contributed by atoms with Crippen molar-refractivity contribution in [2.75, 3.05) is 0 Å². The largest absolute Gasteiger partial charge is 0.0882 e. The van der Waals surface area contributed by atoms with Crippen molar-refractivity contribution in [3.05, 3.63) is 10.4 Å². The SMILES string of the molecule is [S]C=CBr. The predicted octanol–water partition coefficient (Wildman–Crippen LogP) is 2.05. The van der Waals surface area contributed by atoms with Gasteiger partial charge in [-0.25, -0.2) is 0 Å². The van der Waals surface area contributed by atoms with Gasteiger partial charge in [-0.05, 0) is 4.99 Å². The maximum Gasteiger partial charge on any atom is 0.00827 e. The zero-order chi connectivity index (χ0) is 3.41. The van der Waals surface area contributed by atoms with Crippen LogP contribution in [0.4, 0.5) is 0 Å². The van der Waals surface area contributed by atoms with Gasteiger partial charge in [-0.15, -0.1) is 0 Å². The van der Waals surface area contributed by atoms with E-state index in [0.29, 0.717) is 0 Å². The van der Waals surface area contributed by atoms with Crippen LogP contribution in [0.5, 0.6) is 0 Å². The fourth-order valence-corrected chi connectivity index (χ4v) is 0. The van der Waals surface area contributed by atoms with Gasteiger partial charge >= 0.3 is 0 Å². The molecule has 0 aromatic heterocycles. The van der Waals surface area contributed by atoms with Crippen molar-refractivity contribution >= 4 is 28.6 Å². The van der Waals surface area contributed by atoms with Crippen LogP contribution in [0.1, 0.15) is 0 Å². The summed E-state index contributed by atoms with van der Waals surface area (Å²) < 4.78 is 0. The second kappa shape index (κ2) is 3.44.